The Kier molecular flexibility index (Phi) is 3.58. The van der Waals surface area contributed by atoms with E-state index in [2.05, 4.69) is 15.6 Å². The third-order valence-electron chi connectivity index (χ3n) is 4.09. The average Bonchev–Trinajstić information content (AvgIpc) is 3.09. The highest BCUT2D eigenvalue weighted by atomic mass is 16.5. The van der Waals surface area contributed by atoms with Crippen LogP contribution in [-0.2, 0) is 30.3 Å². The van der Waals surface area contributed by atoms with E-state index in [-0.39, 0.29) is 5.91 Å². The Hall–Kier alpha value is -2.41. The van der Waals surface area contributed by atoms with Crippen LogP contribution in [0.1, 0.15) is 23.2 Å². The van der Waals surface area contributed by atoms with E-state index in [1.807, 2.05) is 18.2 Å². The fourth-order valence-corrected chi connectivity index (χ4v) is 2.93. The zero-order chi connectivity index (χ0) is 15.7. The summed E-state index contributed by atoms with van der Waals surface area (Å²) in [5.41, 5.74) is 7.93. The van der Waals surface area contributed by atoms with Crippen LogP contribution in [0.5, 0.6) is 5.75 Å². The van der Waals surface area contributed by atoms with Crippen LogP contribution in [0.2, 0.25) is 0 Å². The quantitative estimate of drug-likeness (QED) is 0.843. The lowest BCUT2D eigenvalue weighted by molar-refractivity contribution is -0.126. The van der Waals surface area contributed by atoms with E-state index in [4.69, 9.17) is 10.5 Å². The maximum Gasteiger partial charge on any atom is 0.245 e. The van der Waals surface area contributed by atoms with Crippen molar-refractivity contribution in [3.8, 4) is 5.75 Å². The Balaban J connectivity index is 1.79. The molecule has 22 heavy (non-hydrogen) atoms. The van der Waals surface area contributed by atoms with Gasteiger partial charge in [-0.3, -0.25) is 9.48 Å². The second kappa shape index (κ2) is 5.42. The molecule has 1 aromatic heterocycles. The molecule has 1 amide bonds. The molecule has 3 rings (SSSR count). The zero-order valence-electron chi connectivity index (χ0n) is 12.7. The number of rotatable bonds is 4. The number of hydrogen-bond donors (Lipinski definition) is 2. The predicted molar refractivity (Wildman–Crippen MR) is 80.0 cm³/mol. The number of hydrogen-bond acceptors (Lipinski definition) is 5. The summed E-state index contributed by atoms with van der Waals surface area (Å²) < 4.78 is 6.95. The number of nitrogens with one attached hydrogen (secondary N) is 1. The molecule has 1 aliphatic carbocycles. The van der Waals surface area contributed by atoms with Crippen LogP contribution in [0.4, 0.5) is 0 Å². The van der Waals surface area contributed by atoms with Crippen molar-refractivity contribution in [3.05, 3.63) is 41.2 Å². The SMILES string of the molecule is COc1cccc2c1CCC2(N)C(=O)NCc1cn(C)nn1. The highest BCUT2D eigenvalue weighted by Crippen LogP contribution is 2.39. The van der Waals surface area contributed by atoms with E-state index in [9.17, 15) is 4.79 Å². The molecule has 3 N–H and O–H groups in total. The highest BCUT2D eigenvalue weighted by molar-refractivity contribution is 5.89. The van der Waals surface area contributed by atoms with Gasteiger partial charge in [-0.25, -0.2) is 0 Å². The van der Waals surface area contributed by atoms with E-state index in [0.717, 1.165) is 23.3 Å². The van der Waals surface area contributed by atoms with Crippen molar-refractivity contribution in [2.75, 3.05) is 7.11 Å². The molecule has 0 aliphatic heterocycles. The van der Waals surface area contributed by atoms with Gasteiger partial charge >= 0.3 is 0 Å². The van der Waals surface area contributed by atoms with Gasteiger partial charge in [0.05, 0.1) is 13.7 Å². The monoisotopic (exact) mass is 301 g/mol. The summed E-state index contributed by atoms with van der Waals surface area (Å²) in [6, 6.07) is 5.65. The van der Waals surface area contributed by atoms with Gasteiger partial charge in [-0.05, 0) is 30.0 Å². The lowest BCUT2D eigenvalue weighted by atomic mass is 9.92. The third-order valence-corrected chi connectivity index (χ3v) is 4.09. The molecule has 0 bridgehead atoms. The van der Waals surface area contributed by atoms with Crippen LogP contribution >= 0.6 is 0 Å². The molecule has 1 heterocycles. The summed E-state index contributed by atoms with van der Waals surface area (Å²) in [4.78, 5) is 12.6. The minimum Gasteiger partial charge on any atom is -0.496 e. The largest absolute Gasteiger partial charge is 0.496 e. The first-order chi connectivity index (χ1) is 10.5. The molecule has 2 aromatic rings. The van der Waals surface area contributed by atoms with Crippen LogP contribution in [-0.4, -0.2) is 28.0 Å². The maximum atomic E-state index is 12.6. The van der Waals surface area contributed by atoms with Gasteiger partial charge in [-0.2, -0.15) is 0 Å². The van der Waals surface area contributed by atoms with E-state index in [0.29, 0.717) is 18.7 Å². The summed E-state index contributed by atoms with van der Waals surface area (Å²) in [6.07, 6.45) is 3.05. The number of carbonyl (C=O) groups excluding carboxylic acids is 1. The standard InChI is InChI=1S/C15H19N5O2/c1-20-9-10(18-19-20)8-17-14(21)15(16)7-6-11-12(15)4-3-5-13(11)22-2/h3-5,9H,6-8,16H2,1-2H3,(H,17,21). The first-order valence-electron chi connectivity index (χ1n) is 7.13. The summed E-state index contributed by atoms with van der Waals surface area (Å²) in [7, 11) is 3.41. The summed E-state index contributed by atoms with van der Waals surface area (Å²) >= 11 is 0. The molecule has 116 valence electrons. The Morgan fingerprint density at radius 3 is 3.05 bits per heavy atom. The van der Waals surface area contributed by atoms with Crippen LogP contribution < -0.4 is 15.8 Å². The van der Waals surface area contributed by atoms with Crippen LogP contribution in [0.25, 0.3) is 0 Å². The minimum absolute atomic E-state index is 0.204. The summed E-state index contributed by atoms with van der Waals surface area (Å²) in [5, 5.41) is 10.6. The molecule has 1 atom stereocenters. The molecule has 0 fully saturated rings. The van der Waals surface area contributed by atoms with E-state index in [1.165, 1.54) is 0 Å². The van der Waals surface area contributed by atoms with Gasteiger partial charge in [0.25, 0.3) is 0 Å². The predicted octanol–water partition coefficient (Wildman–Crippen LogP) is 0.240. The zero-order valence-corrected chi connectivity index (χ0v) is 12.7. The van der Waals surface area contributed by atoms with Crippen molar-refractivity contribution in [3.63, 3.8) is 0 Å². The van der Waals surface area contributed by atoms with Crippen LogP contribution in [0.15, 0.2) is 24.4 Å². The molecular weight excluding hydrogens is 282 g/mol. The number of ether oxygens (including phenoxy) is 1. The number of fused-ring (bicyclic) bond motifs is 1. The molecule has 0 spiro atoms. The number of aromatic nitrogens is 3. The Morgan fingerprint density at radius 1 is 1.55 bits per heavy atom. The van der Waals surface area contributed by atoms with Crippen molar-refractivity contribution in [1.82, 2.24) is 20.3 Å². The topological polar surface area (TPSA) is 95.1 Å². The van der Waals surface area contributed by atoms with Crippen molar-refractivity contribution in [2.24, 2.45) is 12.8 Å². The van der Waals surface area contributed by atoms with Crippen molar-refractivity contribution in [2.45, 2.75) is 24.9 Å². The highest BCUT2D eigenvalue weighted by Gasteiger charge is 2.42. The van der Waals surface area contributed by atoms with Crippen LogP contribution in [0, 0.1) is 0 Å². The molecule has 7 nitrogen and oxygen atoms in total. The number of aryl methyl sites for hydroxylation is 1. The second-order valence-corrected chi connectivity index (χ2v) is 5.52. The van der Waals surface area contributed by atoms with Gasteiger partial charge < -0.3 is 15.8 Å². The first kappa shape index (κ1) is 14.5. The minimum atomic E-state index is -1.02. The van der Waals surface area contributed by atoms with Gasteiger partial charge in [-0.1, -0.05) is 17.3 Å². The van der Waals surface area contributed by atoms with Gasteiger partial charge in [0.2, 0.25) is 5.91 Å². The Bertz CT molecular complexity index is 712. The third kappa shape index (κ3) is 2.33. The van der Waals surface area contributed by atoms with E-state index >= 15 is 0 Å². The fourth-order valence-electron chi connectivity index (χ4n) is 2.93. The lowest BCUT2D eigenvalue weighted by Gasteiger charge is -2.24. The van der Waals surface area contributed by atoms with Gasteiger partial charge in [0.15, 0.2) is 0 Å². The number of nitrogens with two attached hydrogens (primary N) is 1. The van der Waals surface area contributed by atoms with Crippen molar-refractivity contribution in [1.29, 1.82) is 0 Å². The second-order valence-electron chi connectivity index (χ2n) is 5.52. The van der Waals surface area contributed by atoms with Crippen LogP contribution in [0.3, 0.4) is 0 Å². The molecule has 0 saturated carbocycles. The Labute approximate surface area is 128 Å². The molecule has 1 aromatic carbocycles. The average molecular weight is 301 g/mol. The van der Waals surface area contributed by atoms with Crippen molar-refractivity contribution >= 4 is 5.91 Å². The fraction of sp³-hybridized carbons (Fsp3) is 0.400. The van der Waals surface area contributed by atoms with E-state index in [1.54, 1.807) is 25.0 Å². The molecule has 1 unspecified atom stereocenters. The van der Waals surface area contributed by atoms with Crippen molar-refractivity contribution < 1.29 is 9.53 Å². The lowest BCUT2D eigenvalue weighted by Crippen LogP contribution is -2.49. The summed E-state index contributed by atoms with van der Waals surface area (Å²) in [6.45, 7) is 0.310. The number of amides is 1. The van der Waals surface area contributed by atoms with Gasteiger partial charge in [0.1, 0.15) is 17.0 Å². The van der Waals surface area contributed by atoms with E-state index < -0.39 is 5.54 Å². The Morgan fingerprint density at radius 2 is 2.36 bits per heavy atom. The molecule has 1 aliphatic rings. The molecule has 0 saturated heterocycles. The number of benzene rings is 1. The molecular formula is C15H19N5O2. The number of methoxy groups -OCH3 is 1. The summed E-state index contributed by atoms with van der Waals surface area (Å²) in [5.74, 6) is 0.580. The maximum absolute atomic E-state index is 12.6. The molecule has 0 radical (unpaired) electrons. The van der Waals surface area contributed by atoms with Gasteiger partial charge in [0, 0.05) is 13.2 Å². The van der Waals surface area contributed by atoms with Gasteiger partial charge in [-0.15, -0.1) is 5.10 Å². The first-order valence-corrected chi connectivity index (χ1v) is 7.13. The number of nitrogens with zero attached hydrogens (tertiary/aromatic N) is 3. The number of carbonyl (C=O) groups is 1. The normalized spacial score (nSPS) is 19.8. The molecule has 7 heteroatoms. The smallest absolute Gasteiger partial charge is 0.245 e.